The van der Waals surface area contributed by atoms with Gasteiger partial charge in [0.25, 0.3) is 0 Å². The smallest absolute Gasteiger partial charge is 0.0858 e. The van der Waals surface area contributed by atoms with Crippen molar-refractivity contribution in [3.05, 3.63) is 48.5 Å². The molecule has 0 amide bonds. The first-order valence-corrected chi connectivity index (χ1v) is 7.41. The Morgan fingerprint density at radius 1 is 0.773 bits per heavy atom. The van der Waals surface area contributed by atoms with Crippen LogP contribution in [0.4, 0.5) is 22.7 Å². The van der Waals surface area contributed by atoms with Gasteiger partial charge in [-0.15, -0.1) is 0 Å². The lowest BCUT2D eigenvalue weighted by Gasteiger charge is -2.21. The van der Waals surface area contributed by atoms with Gasteiger partial charge in [0, 0.05) is 31.0 Å². The fraction of sp³-hybridized carbons (Fsp3) is 0.333. The van der Waals surface area contributed by atoms with Crippen molar-refractivity contribution in [2.24, 2.45) is 10.2 Å². The van der Waals surface area contributed by atoms with E-state index in [4.69, 9.17) is 0 Å². The maximum absolute atomic E-state index is 4.27. The first kappa shape index (κ1) is 16.0. The Kier molecular flexibility index (Phi) is 4.81. The maximum Gasteiger partial charge on any atom is 0.0858 e. The second-order valence-corrected chi connectivity index (χ2v) is 6.53. The number of anilines is 2. The molecule has 0 aliphatic carbocycles. The second kappa shape index (κ2) is 6.60. The first-order valence-electron chi connectivity index (χ1n) is 7.41. The molecule has 0 aliphatic heterocycles. The number of hydrogen-bond donors (Lipinski definition) is 1. The highest BCUT2D eigenvalue weighted by molar-refractivity contribution is 5.53. The van der Waals surface area contributed by atoms with Crippen molar-refractivity contribution in [3.63, 3.8) is 0 Å². The van der Waals surface area contributed by atoms with E-state index < -0.39 is 0 Å². The topological polar surface area (TPSA) is 40.0 Å². The lowest BCUT2D eigenvalue weighted by atomic mass is 10.1. The lowest BCUT2D eigenvalue weighted by Crippen LogP contribution is -2.25. The van der Waals surface area contributed by atoms with Crippen molar-refractivity contribution in [2.75, 3.05) is 24.3 Å². The van der Waals surface area contributed by atoms with Crippen LogP contribution in [0.2, 0.25) is 0 Å². The minimum atomic E-state index is 0.0528. The molecular formula is C18H24N4. The van der Waals surface area contributed by atoms with Crippen LogP contribution in [-0.4, -0.2) is 19.6 Å². The molecule has 0 radical (unpaired) electrons. The fourth-order valence-electron chi connectivity index (χ4n) is 1.98. The number of hydrogen-bond acceptors (Lipinski definition) is 4. The molecular weight excluding hydrogens is 272 g/mol. The summed E-state index contributed by atoms with van der Waals surface area (Å²) in [7, 11) is 4.04. The van der Waals surface area contributed by atoms with Gasteiger partial charge in [0.1, 0.15) is 0 Å². The van der Waals surface area contributed by atoms with E-state index in [0.717, 1.165) is 22.7 Å². The van der Waals surface area contributed by atoms with Gasteiger partial charge in [-0.25, -0.2) is 0 Å². The van der Waals surface area contributed by atoms with Gasteiger partial charge in [0.2, 0.25) is 0 Å². The quantitative estimate of drug-likeness (QED) is 0.769. The summed E-state index contributed by atoms with van der Waals surface area (Å²) in [5.41, 5.74) is 3.98. The van der Waals surface area contributed by atoms with Gasteiger partial charge in [0.15, 0.2) is 0 Å². The van der Waals surface area contributed by atoms with Crippen LogP contribution >= 0.6 is 0 Å². The Morgan fingerprint density at radius 2 is 1.23 bits per heavy atom. The van der Waals surface area contributed by atoms with Crippen molar-refractivity contribution in [1.82, 2.24) is 0 Å². The minimum absolute atomic E-state index is 0.0528. The van der Waals surface area contributed by atoms with Gasteiger partial charge in [0.05, 0.1) is 11.4 Å². The molecule has 4 nitrogen and oxygen atoms in total. The van der Waals surface area contributed by atoms with Gasteiger partial charge >= 0.3 is 0 Å². The van der Waals surface area contributed by atoms with Crippen LogP contribution < -0.4 is 10.2 Å². The van der Waals surface area contributed by atoms with E-state index in [9.17, 15) is 0 Å². The summed E-state index contributed by atoms with van der Waals surface area (Å²) in [6.07, 6.45) is 0. The molecule has 116 valence electrons. The van der Waals surface area contributed by atoms with Gasteiger partial charge in [-0.05, 0) is 69.3 Å². The van der Waals surface area contributed by atoms with Gasteiger partial charge in [-0.2, -0.15) is 10.2 Å². The van der Waals surface area contributed by atoms with Gasteiger partial charge < -0.3 is 10.2 Å². The van der Waals surface area contributed by atoms with Crippen LogP contribution in [0.15, 0.2) is 58.8 Å². The van der Waals surface area contributed by atoms with Crippen LogP contribution in [0.5, 0.6) is 0 Å². The maximum atomic E-state index is 4.27. The number of nitrogens with one attached hydrogen (secondary N) is 1. The third-order valence-corrected chi connectivity index (χ3v) is 3.03. The van der Waals surface area contributed by atoms with E-state index in [2.05, 4.69) is 41.2 Å². The summed E-state index contributed by atoms with van der Waals surface area (Å²) in [5, 5.41) is 12.0. The zero-order valence-electron chi connectivity index (χ0n) is 14.0. The highest BCUT2D eigenvalue weighted by Gasteiger charge is 2.08. The van der Waals surface area contributed by atoms with Crippen LogP contribution in [0.1, 0.15) is 20.8 Å². The Balaban J connectivity index is 2.03. The molecule has 0 heterocycles. The summed E-state index contributed by atoms with van der Waals surface area (Å²) >= 11 is 0. The van der Waals surface area contributed by atoms with Crippen LogP contribution in [0.25, 0.3) is 0 Å². The molecule has 0 fully saturated rings. The second-order valence-electron chi connectivity index (χ2n) is 6.53. The van der Waals surface area contributed by atoms with Crippen molar-refractivity contribution < 1.29 is 0 Å². The molecule has 1 N–H and O–H groups in total. The fourth-order valence-corrected chi connectivity index (χ4v) is 1.98. The Bertz CT molecular complexity index is 620. The van der Waals surface area contributed by atoms with Crippen LogP contribution in [0, 0.1) is 0 Å². The highest BCUT2D eigenvalue weighted by atomic mass is 15.1. The van der Waals surface area contributed by atoms with Crippen molar-refractivity contribution in [3.8, 4) is 0 Å². The zero-order valence-corrected chi connectivity index (χ0v) is 14.0. The van der Waals surface area contributed by atoms with E-state index in [0.29, 0.717) is 0 Å². The molecule has 22 heavy (non-hydrogen) atoms. The standard InChI is InChI=1S/C18H24N4/c1-18(2,3)19-14-6-8-15(9-7-14)20-21-16-10-12-17(13-11-16)22(4)5/h6-13,19H,1-5H3. The van der Waals surface area contributed by atoms with Crippen molar-refractivity contribution >= 4 is 22.7 Å². The predicted molar refractivity (Wildman–Crippen MR) is 94.8 cm³/mol. The molecule has 0 atom stereocenters. The largest absolute Gasteiger partial charge is 0.380 e. The molecule has 2 aromatic carbocycles. The van der Waals surface area contributed by atoms with Gasteiger partial charge in [-0.3, -0.25) is 0 Å². The highest BCUT2D eigenvalue weighted by Crippen LogP contribution is 2.23. The van der Waals surface area contributed by atoms with E-state index in [1.165, 1.54) is 0 Å². The van der Waals surface area contributed by atoms with Crippen molar-refractivity contribution in [2.45, 2.75) is 26.3 Å². The lowest BCUT2D eigenvalue weighted by molar-refractivity contribution is 0.634. The first-order chi connectivity index (χ1) is 10.3. The molecule has 2 rings (SSSR count). The number of azo groups is 1. The van der Waals surface area contributed by atoms with E-state index >= 15 is 0 Å². The van der Waals surface area contributed by atoms with Crippen LogP contribution in [-0.2, 0) is 0 Å². The third kappa shape index (κ3) is 4.88. The van der Waals surface area contributed by atoms with Crippen LogP contribution in [0.3, 0.4) is 0 Å². The predicted octanol–water partition coefficient (Wildman–Crippen LogP) is 5.38. The Labute approximate surface area is 132 Å². The Hall–Kier alpha value is -2.36. The third-order valence-electron chi connectivity index (χ3n) is 3.03. The van der Waals surface area contributed by atoms with E-state index in [1.54, 1.807) is 0 Å². The Morgan fingerprint density at radius 3 is 1.64 bits per heavy atom. The zero-order chi connectivity index (χ0) is 16.2. The molecule has 2 aromatic rings. The van der Waals surface area contributed by atoms with E-state index in [-0.39, 0.29) is 5.54 Å². The average Bonchev–Trinajstić information content (AvgIpc) is 2.45. The summed E-state index contributed by atoms with van der Waals surface area (Å²) in [6.45, 7) is 6.41. The average molecular weight is 296 g/mol. The molecule has 0 unspecified atom stereocenters. The molecule has 0 spiro atoms. The van der Waals surface area contributed by atoms with Gasteiger partial charge in [-0.1, -0.05) is 0 Å². The summed E-state index contributed by atoms with van der Waals surface area (Å²) < 4.78 is 0. The normalized spacial score (nSPS) is 11.7. The molecule has 4 heteroatoms. The van der Waals surface area contributed by atoms with E-state index in [1.807, 2.05) is 62.6 Å². The SMILES string of the molecule is CN(C)c1ccc(N=Nc2ccc(NC(C)(C)C)cc2)cc1. The molecule has 0 aromatic heterocycles. The number of benzene rings is 2. The number of nitrogens with zero attached hydrogens (tertiary/aromatic N) is 3. The summed E-state index contributed by atoms with van der Waals surface area (Å²) in [4.78, 5) is 2.06. The summed E-state index contributed by atoms with van der Waals surface area (Å²) in [6, 6.07) is 16.0. The molecule has 0 bridgehead atoms. The summed E-state index contributed by atoms with van der Waals surface area (Å²) in [5.74, 6) is 0. The van der Waals surface area contributed by atoms with Crippen molar-refractivity contribution in [1.29, 1.82) is 0 Å². The minimum Gasteiger partial charge on any atom is -0.380 e. The molecule has 0 aliphatic rings. The molecule has 0 saturated carbocycles. The number of rotatable bonds is 4. The molecule has 0 saturated heterocycles. The monoisotopic (exact) mass is 296 g/mol.